The van der Waals surface area contributed by atoms with Crippen molar-refractivity contribution in [3.8, 4) is 0 Å². The Morgan fingerprint density at radius 3 is 2.92 bits per heavy atom. The van der Waals surface area contributed by atoms with Crippen LogP contribution in [0, 0.1) is 6.92 Å². The lowest BCUT2D eigenvalue weighted by Gasteiger charge is -2.25. The van der Waals surface area contributed by atoms with Crippen molar-refractivity contribution in [1.82, 2.24) is 10.3 Å². The molecule has 0 spiro atoms. The molecule has 24 heavy (non-hydrogen) atoms. The maximum atomic E-state index is 5.33. The lowest BCUT2D eigenvalue weighted by atomic mass is 10.1. The highest BCUT2D eigenvalue weighted by atomic mass is 32.1. The van der Waals surface area contributed by atoms with Crippen LogP contribution < -0.4 is 15.5 Å². The van der Waals surface area contributed by atoms with Crippen molar-refractivity contribution in [2.24, 2.45) is 0 Å². The molecule has 2 aromatic rings. The maximum absolute atomic E-state index is 5.33. The molecule has 2 heterocycles. The third-order valence-electron chi connectivity index (χ3n) is 4.36. The molecule has 5 heteroatoms. The van der Waals surface area contributed by atoms with E-state index in [4.69, 9.17) is 12.2 Å². The second-order valence-electron chi connectivity index (χ2n) is 6.33. The van der Waals surface area contributed by atoms with Crippen LogP contribution in [0.1, 0.15) is 24.5 Å². The number of nitrogens with zero attached hydrogens (tertiary/aromatic N) is 2. The van der Waals surface area contributed by atoms with Crippen LogP contribution in [-0.2, 0) is 6.42 Å². The fraction of sp³-hybridized carbons (Fsp3) is 0.368. The van der Waals surface area contributed by atoms with Crippen molar-refractivity contribution < 1.29 is 0 Å². The van der Waals surface area contributed by atoms with Crippen LogP contribution in [0.2, 0.25) is 0 Å². The van der Waals surface area contributed by atoms with E-state index < -0.39 is 0 Å². The van der Waals surface area contributed by atoms with Gasteiger partial charge >= 0.3 is 0 Å². The Balaban J connectivity index is 1.42. The number of pyridine rings is 1. The van der Waals surface area contributed by atoms with Crippen molar-refractivity contribution in [3.63, 3.8) is 0 Å². The third-order valence-corrected chi connectivity index (χ3v) is 4.61. The van der Waals surface area contributed by atoms with Gasteiger partial charge in [-0.3, -0.25) is 0 Å². The van der Waals surface area contributed by atoms with Crippen molar-refractivity contribution in [3.05, 3.63) is 53.7 Å². The summed E-state index contributed by atoms with van der Waals surface area (Å²) in [6.45, 7) is 6.20. The topological polar surface area (TPSA) is 40.2 Å². The molecule has 0 bridgehead atoms. The third kappa shape index (κ3) is 4.03. The average Bonchev–Trinajstić information content (AvgIpc) is 2.89. The normalized spacial score (nSPS) is 15.9. The number of nitrogens with one attached hydrogen (secondary N) is 2. The summed E-state index contributed by atoms with van der Waals surface area (Å²) in [5.41, 5.74) is 3.98. The molecule has 4 nitrogen and oxygen atoms in total. The van der Waals surface area contributed by atoms with Gasteiger partial charge in [0.15, 0.2) is 5.11 Å². The zero-order chi connectivity index (χ0) is 16.9. The summed E-state index contributed by atoms with van der Waals surface area (Å²) in [4.78, 5) is 6.79. The Labute approximate surface area is 149 Å². The highest BCUT2D eigenvalue weighted by Gasteiger charge is 2.24. The number of fused-ring (bicyclic) bond motifs is 1. The van der Waals surface area contributed by atoms with Crippen molar-refractivity contribution in [2.75, 3.05) is 23.3 Å². The van der Waals surface area contributed by atoms with Crippen molar-refractivity contribution in [2.45, 2.75) is 32.7 Å². The van der Waals surface area contributed by atoms with E-state index in [0.29, 0.717) is 11.2 Å². The first-order chi connectivity index (χ1) is 11.6. The fourth-order valence-electron chi connectivity index (χ4n) is 3.12. The molecule has 1 aromatic heterocycles. The summed E-state index contributed by atoms with van der Waals surface area (Å²) in [6, 6.07) is 13.2. The molecular weight excluding hydrogens is 316 g/mol. The summed E-state index contributed by atoms with van der Waals surface area (Å²) in [5, 5.41) is 7.01. The largest absolute Gasteiger partial charge is 0.368 e. The van der Waals surface area contributed by atoms with Gasteiger partial charge in [0.2, 0.25) is 0 Å². The second-order valence-corrected chi connectivity index (χ2v) is 6.74. The first kappa shape index (κ1) is 16.7. The molecule has 0 aliphatic carbocycles. The average molecular weight is 340 g/mol. The van der Waals surface area contributed by atoms with Gasteiger partial charge in [-0.25, -0.2) is 4.98 Å². The van der Waals surface area contributed by atoms with Crippen LogP contribution in [0.5, 0.6) is 0 Å². The van der Waals surface area contributed by atoms with Gasteiger partial charge in [0.1, 0.15) is 5.82 Å². The molecule has 1 aliphatic rings. The van der Waals surface area contributed by atoms with Gasteiger partial charge < -0.3 is 15.5 Å². The number of thiocarbonyl (C=S) groups is 1. The van der Waals surface area contributed by atoms with E-state index in [1.54, 1.807) is 0 Å². The zero-order valence-electron chi connectivity index (χ0n) is 14.2. The second kappa shape index (κ2) is 7.62. The minimum absolute atomic E-state index is 0.573. The number of hydrogen-bond acceptors (Lipinski definition) is 3. The lowest BCUT2D eigenvalue weighted by molar-refractivity contribution is 0.641. The molecule has 1 aliphatic heterocycles. The van der Waals surface area contributed by atoms with Crippen LogP contribution in [-0.4, -0.2) is 29.2 Å². The molecule has 0 radical (unpaired) electrons. The molecule has 0 saturated heterocycles. The maximum Gasteiger partial charge on any atom is 0.171 e. The van der Waals surface area contributed by atoms with E-state index in [-0.39, 0.29) is 0 Å². The number of rotatable bonds is 5. The molecule has 0 saturated carbocycles. The van der Waals surface area contributed by atoms with Gasteiger partial charge in [-0.05, 0) is 62.2 Å². The van der Waals surface area contributed by atoms with Crippen molar-refractivity contribution in [1.29, 1.82) is 0 Å². The molecule has 126 valence electrons. The Bertz CT molecular complexity index is 699. The number of hydrogen-bond donors (Lipinski definition) is 2. The predicted molar refractivity (Wildman–Crippen MR) is 105 cm³/mol. The van der Waals surface area contributed by atoms with Crippen LogP contribution >= 0.6 is 12.2 Å². The molecule has 0 amide bonds. The van der Waals surface area contributed by atoms with Crippen LogP contribution in [0.15, 0.2) is 42.6 Å². The first-order valence-electron chi connectivity index (χ1n) is 8.45. The van der Waals surface area contributed by atoms with Crippen LogP contribution in [0.25, 0.3) is 0 Å². The van der Waals surface area contributed by atoms with Gasteiger partial charge in [-0.2, -0.15) is 0 Å². The van der Waals surface area contributed by atoms with Crippen molar-refractivity contribution >= 4 is 28.8 Å². The minimum Gasteiger partial charge on any atom is -0.368 e. The number of benzene rings is 1. The van der Waals surface area contributed by atoms with E-state index in [0.717, 1.165) is 37.3 Å². The fourth-order valence-corrected chi connectivity index (χ4v) is 3.33. The SMILES string of the molecule is Cc1ccc(NC(=S)NCCCN2c3ccccc3C[C@H]2C)nc1. The van der Waals surface area contributed by atoms with Gasteiger partial charge in [-0.1, -0.05) is 24.3 Å². The molecule has 0 unspecified atom stereocenters. The van der Waals surface area contributed by atoms with Gasteiger partial charge in [0.25, 0.3) is 0 Å². The number of aryl methyl sites for hydroxylation is 1. The summed E-state index contributed by atoms with van der Waals surface area (Å²) in [6.07, 6.45) is 4.02. The Kier molecular flexibility index (Phi) is 5.30. The van der Waals surface area contributed by atoms with Crippen LogP contribution in [0.3, 0.4) is 0 Å². The van der Waals surface area contributed by atoms with E-state index in [1.807, 2.05) is 25.3 Å². The summed E-state index contributed by atoms with van der Waals surface area (Å²) < 4.78 is 0. The number of para-hydroxylation sites is 1. The predicted octanol–water partition coefficient (Wildman–Crippen LogP) is 3.52. The molecule has 2 N–H and O–H groups in total. The highest BCUT2D eigenvalue weighted by molar-refractivity contribution is 7.80. The van der Waals surface area contributed by atoms with Gasteiger partial charge in [0, 0.05) is 31.0 Å². The lowest BCUT2D eigenvalue weighted by Crippen LogP contribution is -2.34. The summed E-state index contributed by atoms with van der Waals surface area (Å²) >= 11 is 5.33. The van der Waals surface area contributed by atoms with Gasteiger partial charge in [-0.15, -0.1) is 0 Å². The standard InChI is InChI=1S/C19H24N4S/c1-14-8-9-18(21-13-14)22-19(24)20-10-5-11-23-15(2)12-16-6-3-4-7-17(16)23/h3-4,6-9,13,15H,5,10-12H2,1-2H3,(H2,20,21,22,24)/t15-/m1/s1. The highest BCUT2D eigenvalue weighted by Crippen LogP contribution is 2.31. The molecule has 1 atom stereocenters. The molecule has 1 aromatic carbocycles. The van der Waals surface area contributed by atoms with E-state index in [2.05, 4.69) is 51.7 Å². The Hall–Kier alpha value is -2.14. The number of aromatic nitrogens is 1. The molecular formula is C19H24N4S. The molecule has 3 rings (SSSR count). The smallest absolute Gasteiger partial charge is 0.171 e. The number of anilines is 2. The summed E-state index contributed by atoms with van der Waals surface area (Å²) in [7, 11) is 0. The van der Waals surface area contributed by atoms with Gasteiger partial charge in [0.05, 0.1) is 0 Å². The van der Waals surface area contributed by atoms with E-state index in [1.165, 1.54) is 11.3 Å². The Morgan fingerprint density at radius 1 is 1.29 bits per heavy atom. The Morgan fingerprint density at radius 2 is 2.12 bits per heavy atom. The van der Waals surface area contributed by atoms with Crippen LogP contribution in [0.4, 0.5) is 11.5 Å². The molecule has 0 fully saturated rings. The quantitative estimate of drug-likeness (QED) is 0.644. The monoisotopic (exact) mass is 340 g/mol. The van der Waals surface area contributed by atoms with E-state index in [9.17, 15) is 0 Å². The zero-order valence-corrected chi connectivity index (χ0v) is 15.1. The minimum atomic E-state index is 0.573. The summed E-state index contributed by atoms with van der Waals surface area (Å²) in [5.74, 6) is 0.778. The van der Waals surface area contributed by atoms with E-state index >= 15 is 0 Å². The first-order valence-corrected chi connectivity index (χ1v) is 8.86.